The minimum Gasteiger partial charge on any atom is -1.00 e. The van der Waals surface area contributed by atoms with Crippen molar-refractivity contribution in [3.63, 3.8) is 0 Å². The zero-order valence-corrected chi connectivity index (χ0v) is 23.1. The normalized spacial score (nSPS) is 11.7. The number of hydrogen-bond acceptors (Lipinski definition) is 1. The summed E-state index contributed by atoms with van der Waals surface area (Å²) < 4.78 is 5.39. The lowest BCUT2D eigenvalue weighted by Crippen LogP contribution is -3.00. The Bertz CT molecular complexity index is 1350. The van der Waals surface area contributed by atoms with Crippen LogP contribution in [0.2, 0.25) is 0 Å². The Hall–Kier alpha value is -3.19. The van der Waals surface area contributed by atoms with E-state index in [1.807, 2.05) is 6.07 Å². The van der Waals surface area contributed by atoms with E-state index in [0.29, 0.717) is 0 Å². The van der Waals surface area contributed by atoms with Gasteiger partial charge in [0, 0.05) is 0 Å². The molecule has 3 heteroatoms. The SMILES string of the molecule is COc1ccc2cc(/C(C)=C/C[P+](c3ccccc3)(c3ccccc3)c3ccccc3)ccc2c1.[Br-]. The van der Waals surface area contributed by atoms with Crippen molar-refractivity contribution in [2.75, 3.05) is 13.3 Å². The van der Waals surface area contributed by atoms with E-state index in [-0.39, 0.29) is 17.0 Å². The van der Waals surface area contributed by atoms with Crippen LogP contribution in [0.15, 0.2) is 133 Å². The van der Waals surface area contributed by atoms with Crippen molar-refractivity contribution in [1.29, 1.82) is 0 Å². The number of halogens is 1. The number of ether oxygens (including phenoxy) is 1. The van der Waals surface area contributed by atoms with Crippen LogP contribution in [0, 0.1) is 0 Å². The third-order valence-electron chi connectivity index (χ3n) is 6.76. The Morgan fingerprint density at radius 1 is 0.639 bits per heavy atom. The molecule has 0 unspecified atom stereocenters. The molecule has 0 heterocycles. The lowest BCUT2D eigenvalue weighted by Gasteiger charge is -2.27. The van der Waals surface area contributed by atoms with Gasteiger partial charge in [-0.3, -0.25) is 0 Å². The molecule has 0 atom stereocenters. The van der Waals surface area contributed by atoms with E-state index in [1.165, 1.54) is 37.8 Å². The molecule has 36 heavy (non-hydrogen) atoms. The average Bonchev–Trinajstić information content (AvgIpc) is 2.94. The van der Waals surface area contributed by atoms with Crippen molar-refractivity contribution < 1.29 is 21.7 Å². The van der Waals surface area contributed by atoms with Gasteiger partial charge in [-0.25, -0.2) is 0 Å². The summed E-state index contributed by atoms with van der Waals surface area (Å²) in [6, 6.07) is 46.2. The summed E-state index contributed by atoms with van der Waals surface area (Å²) in [5, 5.41) is 6.65. The molecule has 0 spiro atoms. The fourth-order valence-electron chi connectivity index (χ4n) is 4.80. The quantitative estimate of drug-likeness (QED) is 0.274. The highest BCUT2D eigenvalue weighted by Crippen LogP contribution is 2.55. The van der Waals surface area contributed by atoms with E-state index in [2.05, 4.69) is 134 Å². The van der Waals surface area contributed by atoms with Gasteiger partial charge in [0.15, 0.2) is 0 Å². The fourth-order valence-corrected chi connectivity index (χ4v) is 8.92. The van der Waals surface area contributed by atoms with E-state index in [0.717, 1.165) is 11.9 Å². The second-order valence-corrected chi connectivity index (χ2v) is 12.3. The number of fused-ring (bicyclic) bond motifs is 1. The summed E-state index contributed by atoms with van der Waals surface area (Å²) in [7, 11) is -0.167. The van der Waals surface area contributed by atoms with E-state index in [4.69, 9.17) is 4.74 Å². The monoisotopic (exact) mass is 552 g/mol. The van der Waals surface area contributed by atoms with Gasteiger partial charge in [0.05, 0.1) is 13.3 Å². The van der Waals surface area contributed by atoms with E-state index < -0.39 is 7.26 Å². The number of methoxy groups -OCH3 is 1. The topological polar surface area (TPSA) is 9.23 Å². The summed E-state index contributed by atoms with van der Waals surface area (Å²) in [5.41, 5.74) is 2.56. The molecule has 0 aliphatic heterocycles. The van der Waals surface area contributed by atoms with Crippen LogP contribution < -0.4 is 37.6 Å². The molecule has 0 aliphatic carbocycles. The highest BCUT2D eigenvalue weighted by molar-refractivity contribution is 7.95. The molecule has 5 aromatic carbocycles. The zero-order valence-electron chi connectivity index (χ0n) is 20.6. The van der Waals surface area contributed by atoms with Crippen LogP contribution in [0.3, 0.4) is 0 Å². The van der Waals surface area contributed by atoms with E-state index in [1.54, 1.807) is 7.11 Å². The molecular formula is C33H30BrOP. The summed E-state index contributed by atoms with van der Waals surface area (Å²) >= 11 is 0. The van der Waals surface area contributed by atoms with E-state index in [9.17, 15) is 0 Å². The molecular weight excluding hydrogens is 523 g/mol. The number of rotatable bonds is 7. The maximum Gasteiger partial charge on any atom is 0.119 e. The van der Waals surface area contributed by atoms with Crippen LogP contribution in [0.25, 0.3) is 16.3 Å². The van der Waals surface area contributed by atoms with Crippen LogP contribution in [-0.2, 0) is 0 Å². The summed E-state index contributed by atoms with van der Waals surface area (Å²) in [4.78, 5) is 0. The molecule has 5 rings (SSSR count). The molecule has 0 fully saturated rings. The van der Waals surface area contributed by atoms with Crippen LogP contribution in [0.4, 0.5) is 0 Å². The molecule has 0 aliphatic rings. The van der Waals surface area contributed by atoms with Gasteiger partial charge in [0.2, 0.25) is 0 Å². The van der Waals surface area contributed by atoms with Crippen molar-refractivity contribution in [3.05, 3.63) is 139 Å². The zero-order chi connectivity index (χ0) is 24.1. The first-order valence-electron chi connectivity index (χ1n) is 12.0. The predicted octanol–water partition coefficient (Wildman–Crippen LogP) is 4.25. The molecule has 1 nitrogen and oxygen atoms in total. The highest BCUT2D eigenvalue weighted by atomic mass is 79.9. The van der Waals surface area contributed by atoms with Gasteiger partial charge in [-0.2, -0.15) is 0 Å². The summed E-state index contributed by atoms with van der Waals surface area (Å²) in [6.07, 6.45) is 3.42. The third kappa shape index (κ3) is 5.16. The van der Waals surface area contributed by atoms with Gasteiger partial charge in [-0.15, -0.1) is 0 Å². The second-order valence-electron chi connectivity index (χ2n) is 8.81. The maximum absolute atomic E-state index is 5.39. The number of hydrogen-bond donors (Lipinski definition) is 0. The summed E-state index contributed by atoms with van der Waals surface area (Å²) in [6.45, 7) is 2.24. The lowest BCUT2D eigenvalue weighted by molar-refractivity contribution is -0.00000709. The summed E-state index contributed by atoms with van der Waals surface area (Å²) in [5.74, 6) is 0.890. The van der Waals surface area contributed by atoms with Crippen molar-refractivity contribution in [2.24, 2.45) is 0 Å². The van der Waals surface area contributed by atoms with Crippen molar-refractivity contribution in [2.45, 2.75) is 6.92 Å². The van der Waals surface area contributed by atoms with Gasteiger partial charge in [-0.05, 0) is 89.5 Å². The van der Waals surface area contributed by atoms with Crippen molar-refractivity contribution in [1.82, 2.24) is 0 Å². The van der Waals surface area contributed by atoms with Crippen LogP contribution in [0.1, 0.15) is 12.5 Å². The predicted molar refractivity (Wildman–Crippen MR) is 154 cm³/mol. The van der Waals surface area contributed by atoms with Gasteiger partial charge in [0.25, 0.3) is 0 Å². The molecule has 5 aromatic rings. The third-order valence-corrected chi connectivity index (χ3v) is 11.0. The van der Waals surface area contributed by atoms with Gasteiger partial charge in [0.1, 0.15) is 28.9 Å². The standard InChI is InChI=1S/C33H30OP.BrH/c1-26(27-18-19-29-25-30(34-2)21-20-28(29)24-27)22-23-35(31-12-6-3-7-13-31,32-14-8-4-9-15-32)33-16-10-5-11-17-33;/h3-22,24-25H,23H2,1-2H3;1H/q+1;/p-1/b26-22+;. The molecule has 0 saturated heterocycles. The minimum atomic E-state index is -1.88. The minimum absolute atomic E-state index is 0. The molecule has 0 N–H and O–H groups in total. The molecule has 0 aromatic heterocycles. The Balaban J connectivity index is 0.00000304. The highest BCUT2D eigenvalue weighted by Gasteiger charge is 2.44. The maximum atomic E-state index is 5.39. The Labute approximate surface area is 225 Å². The largest absolute Gasteiger partial charge is 1.00 e. The molecule has 0 bridgehead atoms. The number of benzene rings is 5. The molecule has 180 valence electrons. The first-order chi connectivity index (χ1) is 17.2. The second kappa shape index (κ2) is 11.7. The smallest absolute Gasteiger partial charge is 0.119 e. The molecule has 0 radical (unpaired) electrons. The average molecular weight is 553 g/mol. The van der Waals surface area contributed by atoms with Gasteiger partial charge < -0.3 is 21.7 Å². The lowest BCUT2D eigenvalue weighted by atomic mass is 10.0. The first kappa shape index (κ1) is 25.9. The van der Waals surface area contributed by atoms with Crippen LogP contribution in [0.5, 0.6) is 5.75 Å². The van der Waals surface area contributed by atoms with E-state index >= 15 is 0 Å². The molecule has 0 saturated carbocycles. The van der Waals surface area contributed by atoms with Gasteiger partial charge in [-0.1, -0.05) is 72.8 Å². The van der Waals surface area contributed by atoms with Crippen molar-refractivity contribution in [3.8, 4) is 5.75 Å². The Morgan fingerprint density at radius 3 is 1.61 bits per heavy atom. The Morgan fingerprint density at radius 2 is 1.11 bits per heavy atom. The van der Waals surface area contributed by atoms with Gasteiger partial charge >= 0.3 is 0 Å². The molecule has 0 amide bonds. The van der Waals surface area contributed by atoms with Crippen molar-refractivity contribution >= 4 is 39.5 Å². The van der Waals surface area contributed by atoms with Crippen LogP contribution >= 0.6 is 7.26 Å². The van der Waals surface area contributed by atoms with Crippen LogP contribution in [-0.4, -0.2) is 13.3 Å². The Kier molecular flexibility index (Phi) is 8.41. The fraction of sp³-hybridized carbons (Fsp3) is 0.0909. The first-order valence-corrected chi connectivity index (χ1v) is 14.0. The number of allylic oxidation sites excluding steroid dienone is 2.